The standard InChI is InChI=1S/C10H16N2S2/c1-2-12(7-10(11)13)5-3-9-4-6-14-8-9/h4,6,8H,2-3,5,7H2,1H3,(H2,11,13). The summed E-state index contributed by atoms with van der Waals surface area (Å²) in [5.41, 5.74) is 6.91. The SMILES string of the molecule is CCN(CCc1ccsc1)CC(N)=S. The molecule has 1 aromatic rings. The Morgan fingerprint density at radius 1 is 1.64 bits per heavy atom. The monoisotopic (exact) mass is 228 g/mol. The van der Waals surface area contributed by atoms with Crippen molar-refractivity contribution in [3.05, 3.63) is 22.4 Å². The average Bonchev–Trinajstić information content (AvgIpc) is 2.64. The molecule has 1 aromatic heterocycles. The van der Waals surface area contributed by atoms with E-state index in [1.165, 1.54) is 5.56 Å². The summed E-state index contributed by atoms with van der Waals surface area (Å²) in [7, 11) is 0. The van der Waals surface area contributed by atoms with Crippen molar-refractivity contribution in [2.24, 2.45) is 5.73 Å². The second-order valence-electron chi connectivity index (χ2n) is 3.22. The molecule has 0 atom stereocenters. The van der Waals surface area contributed by atoms with Gasteiger partial charge in [0.15, 0.2) is 0 Å². The molecule has 0 saturated heterocycles. The first-order chi connectivity index (χ1) is 6.72. The lowest BCUT2D eigenvalue weighted by Gasteiger charge is -2.18. The molecular formula is C10H16N2S2. The molecule has 0 spiro atoms. The molecule has 0 unspecified atom stereocenters. The van der Waals surface area contributed by atoms with Gasteiger partial charge in [0.1, 0.15) is 0 Å². The van der Waals surface area contributed by atoms with Crippen LogP contribution in [0.4, 0.5) is 0 Å². The van der Waals surface area contributed by atoms with Crippen LogP contribution in [0.3, 0.4) is 0 Å². The summed E-state index contributed by atoms with van der Waals surface area (Å²) in [6, 6.07) is 2.17. The number of likely N-dealkylation sites (N-methyl/N-ethyl adjacent to an activating group) is 1. The lowest BCUT2D eigenvalue weighted by atomic mass is 10.2. The van der Waals surface area contributed by atoms with Crippen molar-refractivity contribution in [1.82, 2.24) is 4.90 Å². The Labute approximate surface area is 94.7 Å². The van der Waals surface area contributed by atoms with Gasteiger partial charge in [0.25, 0.3) is 0 Å². The second kappa shape index (κ2) is 6.11. The van der Waals surface area contributed by atoms with E-state index in [0.717, 1.165) is 26.1 Å². The summed E-state index contributed by atoms with van der Waals surface area (Å²) in [6.07, 6.45) is 1.08. The van der Waals surface area contributed by atoms with Crippen molar-refractivity contribution in [3.63, 3.8) is 0 Å². The van der Waals surface area contributed by atoms with Crippen LogP contribution in [-0.4, -0.2) is 29.5 Å². The number of rotatable bonds is 6. The van der Waals surface area contributed by atoms with Gasteiger partial charge in [-0.1, -0.05) is 19.1 Å². The van der Waals surface area contributed by atoms with Crippen LogP contribution in [0.15, 0.2) is 16.8 Å². The molecule has 0 radical (unpaired) electrons. The van der Waals surface area contributed by atoms with E-state index < -0.39 is 0 Å². The number of thiophene rings is 1. The number of hydrogen-bond acceptors (Lipinski definition) is 3. The first kappa shape index (κ1) is 11.6. The summed E-state index contributed by atoms with van der Waals surface area (Å²) >= 11 is 6.63. The summed E-state index contributed by atoms with van der Waals surface area (Å²) in [6.45, 7) is 4.90. The highest BCUT2D eigenvalue weighted by Crippen LogP contribution is 2.07. The Kier molecular flexibility index (Phi) is 5.07. The molecule has 0 aliphatic rings. The molecule has 1 rings (SSSR count). The third-order valence-electron chi connectivity index (χ3n) is 2.12. The van der Waals surface area contributed by atoms with Gasteiger partial charge >= 0.3 is 0 Å². The molecule has 0 aromatic carbocycles. The summed E-state index contributed by atoms with van der Waals surface area (Å²) in [5, 5.41) is 4.30. The second-order valence-corrected chi connectivity index (χ2v) is 4.52. The highest BCUT2D eigenvalue weighted by atomic mass is 32.1. The molecule has 2 nitrogen and oxygen atoms in total. The van der Waals surface area contributed by atoms with Gasteiger partial charge in [0.05, 0.1) is 4.99 Å². The average molecular weight is 228 g/mol. The van der Waals surface area contributed by atoms with Gasteiger partial charge in [-0.2, -0.15) is 11.3 Å². The van der Waals surface area contributed by atoms with E-state index in [1.54, 1.807) is 11.3 Å². The molecular weight excluding hydrogens is 212 g/mol. The lowest BCUT2D eigenvalue weighted by molar-refractivity contribution is 0.333. The van der Waals surface area contributed by atoms with Crippen molar-refractivity contribution < 1.29 is 0 Å². The van der Waals surface area contributed by atoms with Crippen LogP contribution in [-0.2, 0) is 6.42 Å². The molecule has 1 heterocycles. The van der Waals surface area contributed by atoms with Gasteiger partial charge in [0.2, 0.25) is 0 Å². The first-order valence-electron chi connectivity index (χ1n) is 4.74. The fourth-order valence-electron chi connectivity index (χ4n) is 1.29. The molecule has 14 heavy (non-hydrogen) atoms. The fourth-order valence-corrected chi connectivity index (χ4v) is 2.18. The molecule has 0 aliphatic heterocycles. The Morgan fingerprint density at radius 2 is 2.43 bits per heavy atom. The Balaban J connectivity index is 2.30. The largest absolute Gasteiger partial charge is 0.392 e. The predicted octanol–water partition coefficient (Wildman–Crippen LogP) is 1.90. The molecule has 0 saturated carbocycles. The first-order valence-corrected chi connectivity index (χ1v) is 6.09. The number of hydrogen-bond donors (Lipinski definition) is 1. The van der Waals surface area contributed by atoms with Crippen LogP contribution < -0.4 is 5.73 Å². The zero-order chi connectivity index (χ0) is 10.4. The van der Waals surface area contributed by atoms with Crippen molar-refractivity contribution in [2.75, 3.05) is 19.6 Å². The van der Waals surface area contributed by atoms with Crippen molar-refractivity contribution in [3.8, 4) is 0 Å². The van der Waals surface area contributed by atoms with Gasteiger partial charge in [-0.25, -0.2) is 0 Å². The number of thiocarbonyl (C=S) groups is 1. The van der Waals surface area contributed by atoms with Crippen LogP contribution in [0.2, 0.25) is 0 Å². The van der Waals surface area contributed by atoms with Crippen molar-refractivity contribution in [2.45, 2.75) is 13.3 Å². The normalized spacial score (nSPS) is 10.7. The van der Waals surface area contributed by atoms with Crippen molar-refractivity contribution in [1.29, 1.82) is 0 Å². The third-order valence-corrected chi connectivity index (χ3v) is 2.98. The van der Waals surface area contributed by atoms with Crippen LogP contribution in [0.1, 0.15) is 12.5 Å². The van der Waals surface area contributed by atoms with Crippen LogP contribution >= 0.6 is 23.6 Å². The van der Waals surface area contributed by atoms with Gasteiger partial charge in [-0.15, -0.1) is 0 Å². The van der Waals surface area contributed by atoms with Crippen LogP contribution in [0.25, 0.3) is 0 Å². The molecule has 2 N–H and O–H groups in total. The Morgan fingerprint density at radius 3 is 2.93 bits per heavy atom. The molecule has 4 heteroatoms. The minimum Gasteiger partial charge on any atom is -0.392 e. The van der Waals surface area contributed by atoms with E-state index in [9.17, 15) is 0 Å². The predicted molar refractivity (Wildman–Crippen MR) is 66.9 cm³/mol. The number of nitrogens with zero attached hydrogens (tertiary/aromatic N) is 1. The maximum absolute atomic E-state index is 5.51. The summed E-state index contributed by atoms with van der Waals surface area (Å²) in [5.74, 6) is 0. The van der Waals surface area contributed by atoms with Crippen molar-refractivity contribution >= 4 is 28.5 Å². The van der Waals surface area contributed by atoms with Gasteiger partial charge in [-0.3, -0.25) is 4.90 Å². The number of nitrogens with two attached hydrogens (primary N) is 1. The summed E-state index contributed by atoms with van der Waals surface area (Å²) in [4.78, 5) is 2.84. The Bertz CT molecular complexity index is 270. The minimum absolute atomic E-state index is 0.581. The van der Waals surface area contributed by atoms with Gasteiger partial charge in [0, 0.05) is 13.1 Å². The van der Waals surface area contributed by atoms with E-state index in [-0.39, 0.29) is 0 Å². The maximum Gasteiger partial charge on any atom is 0.0870 e. The lowest BCUT2D eigenvalue weighted by Crippen LogP contribution is -2.34. The molecule has 0 amide bonds. The highest BCUT2D eigenvalue weighted by molar-refractivity contribution is 7.80. The fraction of sp³-hybridized carbons (Fsp3) is 0.500. The van der Waals surface area contributed by atoms with E-state index in [2.05, 4.69) is 28.7 Å². The van der Waals surface area contributed by atoms with Crippen LogP contribution in [0.5, 0.6) is 0 Å². The highest BCUT2D eigenvalue weighted by Gasteiger charge is 2.03. The zero-order valence-electron chi connectivity index (χ0n) is 8.40. The van der Waals surface area contributed by atoms with E-state index in [1.807, 2.05) is 0 Å². The van der Waals surface area contributed by atoms with E-state index >= 15 is 0 Å². The minimum atomic E-state index is 0.581. The maximum atomic E-state index is 5.51. The Hall–Kier alpha value is -0.450. The van der Waals surface area contributed by atoms with E-state index in [0.29, 0.717) is 4.99 Å². The molecule has 0 bridgehead atoms. The van der Waals surface area contributed by atoms with Crippen LogP contribution in [0, 0.1) is 0 Å². The topological polar surface area (TPSA) is 29.3 Å². The zero-order valence-corrected chi connectivity index (χ0v) is 10.0. The van der Waals surface area contributed by atoms with E-state index in [4.69, 9.17) is 18.0 Å². The quantitative estimate of drug-likeness (QED) is 0.754. The molecule has 0 aliphatic carbocycles. The van der Waals surface area contributed by atoms with Gasteiger partial charge in [-0.05, 0) is 35.4 Å². The third kappa shape index (κ3) is 4.17. The smallest absolute Gasteiger partial charge is 0.0870 e. The van der Waals surface area contributed by atoms with Gasteiger partial charge < -0.3 is 5.73 Å². The summed E-state index contributed by atoms with van der Waals surface area (Å²) < 4.78 is 0. The molecule has 0 fully saturated rings. The molecule has 78 valence electrons.